The van der Waals surface area contributed by atoms with Crippen LogP contribution in [0.1, 0.15) is 10.4 Å². The third-order valence-corrected chi connectivity index (χ3v) is 4.17. The summed E-state index contributed by atoms with van der Waals surface area (Å²) in [4.78, 5) is 1.05. The summed E-state index contributed by atoms with van der Waals surface area (Å²) in [5.41, 5.74) is 0.594. The number of aliphatic hydroxyl groups is 1. The van der Waals surface area contributed by atoms with Crippen molar-refractivity contribution in [3.63, 3.8) is 0 Å². The largest absolute Gasteiger partial charge is 0.392 e. The molecule has 0 aliphatic rings. The Hall–Kier alpha value is -0.780. The molecule has 0 bridgehead atoms. The van der Waals surface area contributed by atoms with Crippen molar-refractivity contribution in [3.05, 3.63) is 56.2 Å². The normalized spacial score (nSPS) is 12.7. The number of thiophene rings is 1. The van der Waals surface area contributed by atoms with Gasteiger partial charge in [0, 0.05) is 11.3 Å². The van der Waals surface area contributed by atoms with E-state index in [2.05, 4.69) is 15.9 Å². The minimum atomic E-state index is -0.876. The molecule has 2 aromatic rings. The molecule has 1 aromatic carbocycles. The van der Waals surface area contributed by atoms with Crippen LogP contribution in [0.15, 0.2) is 34.1 Å². The Labute approximate surface area is 116 Å². The first kappa shape index (κ1) is 13.6. The highest BCUT2D eigenvalue weighted by Gasteiger charge is 2.10. The molecule has 0 radical (unpaired) electrons. The van der Waals surface area contributed by atoms with Gasteiger partial charge in [-0.25, -0.2) is 8.78 Å². The Kier molecular flexibility index (Phi) is 4.48. The van der Waals surface area contributed by atoms with Crippen molar-refractivity contribution >= 4 is 27.3 Å². The van der Waals surface area contributed by atoms with E-state index in [0.717, 1.165) is 20.8 Å². The molecule has 18 heavy (non-hydrogen) atoms. The van der Waals surface area contributed by atoms with E-state index in [0.29, 0.717) is 18.4 Å². The highest BCUT2D eigenvalue weighted by atomic mass is 79.9. The van der Waals surface area contributed by atoms with Gasteiger partial charge in [-0.3, -0.25) is 0 Å². The second kappa shape index (κ2) is 5.91. The average molecular weight is 333 g/mol. The quantitative estimate of drug-likeness (QED) is 0.899. The van der Waals surface area contributed by atoms with Crippen LogP contribution in [0.25, 0.3) is 0 Å². The molecule has 1 nitrogen and oxygen atoms in total. The highest BCUT2D eigenvalue weighted by molar-refractivity contribution is 9.11. The summed E-state index contributed by atoms with van der Waals surface area (Å²) >= 11 is 4.91. The third-order valence-electron chi connectivity index (χ3n) is 2.52. The van der Waals surface area contributed by atoms with Gasteiger partial charge in [0.2, 0.25) is 0 Å². The third kappa shape index (κ3) is 3.60. The Morgan fingerprint density at radius 1 is 1.11 bits per heavy atom. The van der Waals surface area contributed by atoms with Crippen molar-refractivity contribution in [3.8, 4) is 0 Å². The van der Waals surface area contributed by atoms with E-state index >= 15 is 0 Å². The second-order valence-corrected chi connectivity index (χ2v) is 6.56. The molecule has 1 unspecified atom stereocenters. The number of halogens is 3. The Balaban J connectivity index is 1.98. The van der Waals surface area contributed by atoms with Gasteiger partial charge in [-0.15, -0.1) is 11.3 Å². The van der Waals surface area contributed by atoms with Gasteiger partial charge in [0.05, 0.1) is 9.89 Å². The van der Waals surface area contributed by atoms with Crippen LogP contribution in [0.2, 0.25) is 0 Å². The van der Waals surface area contributed by atoms with E-state index in [1.807, 2.05) is 12.1 Å². The Morgan fingerprint density at radius 2 is 1.89 bits per heavy atom. The molecule has 2 rings (SSSR count). The maximum atomic E-state index is 13.0. The minimum Gasteiger partial charge on any atom is -0.392 e. The number of hydrogen-bond acceptors (Lipinski definition) is 2. The molecule has 0 aliphatic carbocycles. The lowest BCUT2D eigenvalue weighted by molar-refractivity contribution is 0.176. The zero-order valence-electron chi connectivity index (χ0n) is 9.37. The molecule has 5 heteroatoms. The fourth-order valence-corrected chi connectivity index (χ4v) is 3.26. The molecule has 1 N–H and O–H groups in total. The van der Waals surface area contributed by atoms with Crippen molar-refractivity contribution in [2.45, 2.75) is 18.9 Å². The van der Waals surface area contributed by atoms with Crippen LogP contribution < -0.4 is 0 Å². The molecular weight excluding hydrogens is 322 g/mol. The number of benzene rings is 1. The summed E-state index contributed by atoms with van der Waals surface area (Å²) in [7, 11) is 0. The number of rotatable bonds is 4. The topological polar surface area (TPSA) is 20.2 Å². The van der Waals surface area contributed by atoms with Crippen LogP contribution in [0, 0.1) is 11.6 Å². The SMILES string of the molecule is OC(Cc1ccc(F)c(F)c1)Cc1ccc(Br)s1. The van der Waals surface area contributed by atoms with Crippen molar-refractivity contribution in [1.82, 2.24) is 0 Å². The van der Waals surface area contributed by atoms with E-state index in [1.54, 1.807) is 11.3 Å². The molecule has 1 atom stereocenters. The summed E-state index contributed by atoms with van der Waals surface area (Å²) in [6.07, 6.45) is 0.225. The summed E-state index contributed by atoms with van der Waals surface area (Å²) in [6, 6.07) is 7.56. The summed E-state index contributed by atoms with van der Waals surface area (Å²) in [6.45, 7) is 0. The fraction of sp³-hybridized carbons (Fsp3) is 0.231. The molecule has 0 amide bonds. The zero-order valence-corrected chi connectivity index (χ0v) is 11.8. The molecule has 0 aliphatic heterocycles. The minimum absolute atomic E-state index is 0.312. The molecule has 96 valence electrons. The standard InChI is InChI=1S/C13H11BrF2OS/c14-13-4-2-10(18-13)7-9(17)5-8-1-3-11(15)12(16)6-8/h1-4,6,9,17H,5,7H2. The van der Waals surface area contributed by atoms with Crippen LogP contribution in [-0.2, 0) is 12.8 Å². The zero-order chi connectivity index (χ0) is 13.1. The van der Waals surface area contributed by atoms with Crippen LogP contribution in [0.4, 0.5) is 8.78 Å². The second-order valence-electron chi connectivity index (χ2n) is 4.02. The van der Waals surface area contributed by atoms with Crippen LogP contribution >= 0.6 is 27.3 Å². The maximum absolute atomic E-state index is 13.0. The average Bonchev–Trinajstić information content (AvgIpc) is 2.69. The first-order chi connectivity index (χ1) is 8.54. The predicted octanol–water partition coefficient (Wildman–Crippen LogP) is 3.93. The van der Waals surface area contributed by atoms with Gasteiger partial charge in [0.15, 0.2) is 11.6 Å². The van der Waals surface area contributed by atoms with Crippen molar-refractivity contribution in [2.75, 3.05) is 0 Å². The van der Waals surface area contributed by atoms with E-state index in [4.69, 9.17) is 0 Å². The summed E-state index contributed by atoms with van der Waals surface area (Å²) < 4.78 is 26.8. The summed E-state index contributed by atoms with van der Waals surface area (Å²) in [5, 5.41) is 9.90. The van der Waals surface area contributed by atoms with E-state index in [1.165, 1.54) is 6.07 Å². The molecular formula is C13H11BrF2OS. The highest BCUT2D eigenvalue weighted by Crippen LogP contribution is 2.23. The Morgan fingerprint density at radius 3 is 2.50 bits per heavy atom. The van der Waals surface area contributed by atoms with E-state index < -0.39 is 17.7 Å². The van der Waals surface area contributed by atoms with Crippen LogP contribution in [0.5, 0.6) is 0 Å². The maximum Gasteiger partial charge on any atom is 0.159 e. The van der Waals surface area contributed by atoms with Crippen molar-refractivity contribution in [1.29, 1.82) is 0 Å². The lowest BCUT2D eigenvalue weighted by Gasteiger charge is -2.09. The number of hydrogen-bond donors (Lipinski definition) is 1. The number of aliphatic hydroxyl groups excluding tert-OH is 1. The molecule has 0 fully saturated rings. The first-order valence-electron chi connectivity index (χ1n) is 5.41. The lowest BCUT2D eigenvalue weighted by atomic mass is 10.0. The monoisotopic (exact) mass is 332 g/mol. The van der Waals surface area contributed by atoms with Crippen molar-refractivity contribution < 1.29 is 13.9 Å². The Bertz CT molecular complexity index is 542. The molecule has 0 spiro atoms. The van der Waals surface area contributed by atoms with Gasteiger partial charge >= 0.3 is 0 Å². The van der Waals surface area contributed by atoms with Crippen LogP contribution in [-0.4, -0.2) is 11.2 Å². The molecule has 1 heterocycles. The molecule has 0 saturated heterocycles. The van der Waals surface area contributed by atoms with Gasteiger partial charge in [-0.05, 0) is 52.2 Å². The predicted molar refractivity (Wildman–Crippen MR) is 71.8 cm³/mol. The van der Waals surface area contributed by atoms with E-state index in [9.17, 15) is 13.9 Å². The fourth-order valence-electron chi connectivity index (χ4n) is 1.70. The van der Waals surface area contributed by atoms with Gasteiger partial charge in [0.1, 0.15) is 0 Å². The van der Waals surface area contributed by atoms with Gasteiger partial charge < -0.3 is 5.11 Å². The van der Waals surface area contributed by atoms with Crippen molar-refractivity contribution in [2.24, 2.45) is 0 Å². The smallest absolute Gasteiger partial charge is 0.159 e. The van der Waals surface area contributed by atoms with Gasteiger partial charge in [0.25, 0.3) is 0 Å². The lowest BCUT2D eigenvalue weighted by Crippen LogP contribution is -2.13. The first-order valence-corrected chi connectivity index (χ1v) is 7.02. The molecule has 1 aromatic heterocycles. The van der Waals surface area contributed by atoms with E-state index in [-0.39, 0.29) is 0 Å². The molecule has 0 saturated carbocycles. The summed E-state index contributed by atoms with van der Waals surface area (Å²) in [5.74, 6) is -1.74. The van der Waals surface area contributed by atoms with Gasteiger partial charge in [-0.2, -0.15) is 0 Å². The van der Waals surface area contributed by atoms with Crippen LogP contribution in [0.3, 0.4) is 0 Å². The van der Waals surface area contributed by atoms with Gasteiger partial charge in [-0.1, -0.05) is 6.07 Å².